The Bertz CT molecular complexity index is 1150. The zero-order chi connectivity index (χ0) is 21.0. The van der Waals surface area contributed by atoms with Crippen molar-refractivity contribution in [3.63, 3.8) is 0 Å². The molecule has 0 bridgehead atoms. The number of Topliss-reactive ketones (excluding diaryl/α,β-unsaturated/α-hetero) is 2. The number of esters is 1. The summed E-state index contributed by atoms with van der Waals surface area (Å²) in [6.45, 7) is 1.47. The lowest BCUT2D eigenvalue weighted by molar-refractivity contribution is -0.142. The van der Waals surface area contributed by atoms with Gasteiger partial charge in [-0.1, -0.05) is 23.9 Å². The smallest absolute Gasteiger partial charge is 0.313 e. The van der Waals surface area contributed by atoms with Crippen LogP contribution in [0.5, 0.6) is 0 Å². The molecule has 7 nitrogen and oxygen atoms in total. The van der Waals surface area contributed by atoms with Gasteiger partial charge in [-0.15, -0.1) is 0 Å². The van der Waals surface area contributed by atoms with Crippen LogP contribution in [0.25, 0.3) is 16.6 Å². The van der Waals surface area contributed by atoms with Crippen molar-refractivity contribution in [2.45, 2.75) is 18.5 Å². The van der Waals surface area contributed by atoms with Crippen molar-refractivity contribution in [3.8, 4) is 5.69 Å². The topological polar surface area (TPSA) is 95.3 Å². The minimum absolute atomic E-state index is 0.0363. The van der Waals surface area contributed by atoms with E-state index >= 15 is 0 Å². The normalized spacial score (nSPS) is 10.7. The molecule has 0 unspecified atom stereocenters. The molecule has 0 atom stereocenters. The Morgan fingerprint density at radius 3 is 2.41 bits per heavy atom. The molecule has 0 amide bonds. The molecule has 0 saturated carbocycles. The molecule has 0 aliphatic carbocycles. The first-order valence-electron chi connectivity index (χ1n) is 8.75. The highest BCUT2D eigenvalue weighted by Crippen LogP contribution is 2.22. The lowest BCUT2D eigenvalue weighted by Crippen LogP contribution is -2.22. The van der Waals surface area contributed by atoms with Gasteiger partial charge >= 0.3 is 5.97 Å². The number of carbonyl (C=O) groups is 3. The van der Waals surface area contributed by atoms with Crippen LogP contribution in [0.4, 0.5) is 0 Å². The third kappa shape index (κ3) is 4.60. The summed E-state index contributed by atoms with van der Waals surface area (Å²) in [5.41, 5.74) is 1.28. The van der Waals surface area contributed by atoms with Crippen molar-refractivity contribution in [1.29, 1.82) is 0 Å². The molecule has 29 heavy (non-hydrogen) atoms. The van der Waals surface area contributed by atoms with Crippen molar-refractivity contribution in [3.05, 3.63) is 64.4 Å². The van der Waals surface area contributed by atoms with Crippen LogP contribution in [-0.4, -0.2) is 39.9 Å². The molecule has 3 rings (SSSR count). The highest BCUT2D eigenvalue weighted by Gasteiger charge is 2.16. The largest absolute Gasteiger partial charge is 0.469 e. The molecule has 1 aromatic heterocycles. The maximum absolute atomic E-state index is 13.1. The Kier molecular flexibility index (Phi) is 6.23. The number of nitrogens with zero attached hydrogens (tertiary/aromatic N) is 2. The summed E-state index contributed by atoms with van der Waals surface area (Å²) in [5, 5.41) is 0.760. The van der Waals surface area contributed by atoms with Gasteiger partial charge in [0, 0.05) is 5.56 Å². The third-order valence-corrected chi connectivity index (χ3v) is 5.21. The summed E-state index contributed by atoms with van der Waals surface area (Å²) in [4.78, 5) is 52.5. The maximum atomic E-state index is 13.1. The van der Waals surface area contributed by atoms with E-state index in [0.29, 0.717) is 27.3 Å². The van der Waals surface area contributed by atoms with E-state index in [4.69, 9.17) is 0 Å². The minimum atomic E-state index is -0.612. The zero-order valence-corrected chi connectivity index (χ0v) is 16.7. The molecule has 8 heteroatoms. The molecule has 0 fully saturated rings. The molecule has 1 heterocycles. The highest BCUT2D eigenvalue weighted by molar-refractivity contribution is 7.99. The average Bonchev–Trinajstić information content (AvgIpc) is 2.72. The number of fused-ring (bicyclic) bond motifs is 1. The van der Waals surface area contributed by atoms with Gasteiger partial charge in [0.1, 0.15) is 6.42 Å². The van der Waals surface area contributed by atoms with E-state index in [2.05, 4.69) is 9.72 Å². The van der Waals surface area contributed by atoms with E-state index in [1.807, 2.05) is 0 Å². The van der Waals surface area contributed by atoms with Crippen LogP contribution in [0.3, 0.4) is 0 Å². The van der Waals surface area contributed by atoms with E-state index in [1.54, 1.807) is 48.5 Å². The van der Waals surface area contributed by atoms with Gasteiger partial charge in [-0.3, -0.25) is 23.7 Å². The van der Waals surface area contributed by atoms with Gasteiger partial charge < -0.3 is 4.74 Å². The summed E-state index contributed by atoms with van der Waals surface area (Å²) in [7, 11) is 1.22. The summed E-state index contributed by atoms with van der Waals surface area (Å²) in [5.74, 6) is -1.06. The molecule has 2 aromatic carbocycles. The molecule has 3 aromatic rings. The van der Waals surface area contributed by atoms with Crippen LogP contribution in [0.15, 0.2) is 58.5 Å². The standard InChI is InChI=1S/C21H18N2O5S/c1-13(24)14-7-9-15(10-8-14)23-20(27)17-5-3-4-6-18(17)22-21(23)29-12-16(25)11-19(26)28-2/h3-10H,11-12H2,1-2H3. The van der Waals surface area contributed by atoms with Crippen molar-refractivity contribution in [1.82, 2.24) is 9.55 Å². The minimum Gasteiger partial charge on any atom is -0.469 e. The fraction of sp³-hybridized carbons (Fsp3) is 0.190. The van der Waals surface area contributed by atoms with Crippen molar-refractivity contribution in [2.75, 3.05) is 12.9 Å². The highest BCUT2D eigenvalue weighted by atomic mass is 32.2. The number of ether oxygens (including phenoxy) is 1. The Balaban J connectivity index is 2.04. The lowest BCUT2D eigenvalue weighted by Gasteiger charge is -2.13. The van der Waals surface area contributed by atoms with Crippen LogP contribution in [0, 0.1) is 0 Å². The average molecular weight is 410 g/mol. The monoisotopic (exact) mass is 410 g/mol. The Labute approximate surface area is 170 Å². The van der Waals surface area contributed by atoms with Gasteiger partial charge in [0.05, 0.1) is 29.5 Å². The van der Waals surface area contributed by atoms with E-state index in [1.165, 1.54) is 18.6 Å². The quantitative estimate of drug-likeness (QED) is 0.194. The molecule has 0 aliphatic rings. The number of hydrogen-bond donors (Lipinski definition) is 0. The van der Waals surface area contributed by atoms with Gasteiger partial charge in [0.2, 0.25) is 0 Å². The van der Waals surface area contributed by atoms with Crippen molar-refractivity contribution >= 4 is 40.2 Å². The van der Waals surface area contributed by atoms with E-state index in [0.717, 1.165) is 11.8 Å². The molecule has 0 saturated heterocycles. The molecule has 0 radical (unpaired) electrons. The number of thioether (sulfide) groups is 1. The molecule has 0 N–H and O–H groups in total. The second kappa shape index (κ2) is 8.83. The number of benzene rings is 2. The molecular weight excluding hydrogens is 392 g/mol. The number of methoxy groups -OCH3 is 1. The van der Waals surface area contributed by atoms with Gasteiger partial charge in [0.25, 0.3) is 5.56 Å². The Hall–Kier alpha value is -3.26. The fourth-order valence-electron chi connectivity index (χ4n) is 2.71. The van der Waals surface area contributed by atoms with Crippen LogP contribution in [0.2, 0.25) is 0 Å². The van der Waals surface area contributed by atoms with Crippen molar-refractivity contribution in [2.24, 2.45) is 0 Å². The summed E-state index contributed by atoms with van der Waals surface area (Å²) in [6.07, 6.45) is -0.339. The van der Waals surface area contributed by atoms with Gasteiger partial charge in [-0.2, -0.15) is 0 Å². The summed E-state index contributed by atoms with van der Waals surface area (Å²) < 4.78 is 5.91. The van der Waals surface area contributed by atoms with E-state index in [-0.39, 0.29) is 29.3 Å². The number of rotatable bonds is 7. The first-order valence-corrected chi connectivity index (χ1v) is 9.73. The molecule has 148 valence electrons. The zero-order valence-electron chi connectivity index (χ0n) is 15.9. The van der Waals surface area contributed by atoms with Gasteiger partial charge in [0.15, 0.2) is 16.7 Å². The predicted molar refractivity (Wildman–Crippen MR) is 110 cm³/mol. The Morgan fingerprint density at radius 1 is 1.07 bits per heavy atom. The third-order valence-electron chi connectivity index (χ3n) is 4.21. The second-order valence-corrected chi connectivity index (χ2v) is 7.18. The van der Waals surface area contributed by atoms with E-state index < -0.39 is 5.97 Å². The first-order chi connectivity index (χ1) is 13.9. The first kappa shape index (κ1) is 20.5. The number of ketones is 2. The predicted octanol–water partition coefficient (Wildman–Crippen LogP) is 2.81. The number of carbonyl (C=O) groups excluding carboxylic acids is 3. The van der Waals surface area contributed by atoms with Crippen molar-refractivity contribution < 1.29 is 19.1 Å². The summed E-state index contributed by atoms with van der Waals surface area (Å²) in [6, 6.07) is 13.5. The molecule has 0 spiro atoms. The molecule has 0 aliphatic heterocycles. The summed E-state index contributed by atoms with van der Waals surface area (Å²) >= 11 is 1.07. The maximum Gasteiger partial charge on any atom is 0.313 e. The van der Waals surface area contributed by atoms with Gasteiger partial charge in [-0.25, -0.2) is 4.98 Å². The SMILES string of the molecule is COC(=O)CC(=O)CSc1nc2ccccc2c(=O)n1-c1ccc(C(C)=O)cc1. The van der Waals surface area contributed by atoms with Crippen LogP contribution in [-0.2, 0) is 14.3 Å². The molecular formula is C21H18N2O5S. The lowest BCUT2D eigenvalue weighted by atomic mass is 10.1. The van der Waals surface area contributed by atoms with Crippen LogP contribution >= 0.6 is 11.8 Å². The number of para-hydroxylation sites is 1. The van der Waals surface area contributed by atoms with Gasteiger partial charge in [-0.05, 0) is 43.3 Å². The van der Waals surface area contributed by atoms with E-state index in [9.17, 15) is 19.2 Å². The Morgan fingerprint density at radius 2 is 1.76 bits per heavy atom. The number of hydrogen-bond acceptors (Lipinski definition) is 7. The fourth-order valence-corrected chi connectivity index (χ4v) is 3.58. The second-order valence-electron chi connectivity index (χ2n) is 6.24. The number of aromatic nitrogens is 2. The van der Waals surface area contributed by atoms with Crippen LogP contribution < -0.4 is 5.56 Å². The van der Waals surface area contributed by atoms with Crippen LogP contribution in [0.1, 0.15) is 23.7 Å².